The number of aromatic nitrogens is 1. The predicted molar refractivity (Wildman–Crippen MR) is 114 cm³/mol. The minimum absolute atomic E-state index is 0. The summed E-state index contributed by atoms with van der Waals surface area (Å²) in [7, 11) is 3.32. The summed E-state index contributed by atoms with van der Waals surface area (Å²) in [6, 6.07) is 6.01. The van der Waals surface area contributed by atoms with E-state index < -0.39 is 0 Å². The summed E-state index contributed by atoms with van der Waals surface area (Å²) in [6.07, 6.45) is 1.88. The first-order chi connectivity index (χ1) is 11.5. The van der Waals surface area contributed by atoms with Crippen LogP contribution in [-0.4, -0.2) is 38.3 Å². The molecule has 2 aromatic rings. The van der Waals surface area contributed by atoms with Gasteiger partial charge < -0.3 is 25.5 Å². The number of rotatable bonds is 8. The molecule has 140 valence electrons. The molecular weight excluding hydrogens is 431 g/mol. The summed E-state index contributed by atoms with van der Waals surface area (Å²) in [5, 5.41) is 4.22. The van der Waals surface area contributed by atoms with E-state index in [1.807, 2.05) is 12.1 Å². The van der Waals surface area contributed by atoms with Gasteiger partial charge in [0.15, 0.2) is 5.96 Å². The lowest BCUT2D eigenvalue weighted by Gasteiger charge is -2.06. The highest BCUT2D eigenvalue weighted by atomic mass is 127. The Morgan fingerprint density at radius 1 is 1.24 bits per heavy atom. The fourth-order valence-electron chi connectivity index (χ4n) is 2.49. The predicted octanol–water partition coefficient (Wildman–Crippen LogP) is 3.30. The van der Waals surface area contributed by atoms with Crippen molar-refractivity contribution in [2.24, 2.45) is 16.6 Å². The van der Waals surface area contributed by atoms with Gasteiger partial charge in [-0.2, -0.15) is 0 Å². The van der Waals surface area contributed by atoms with Crippen LogP contribution < -0.4 is 20.5 Å². The average Bonchev–Trinajstić information content (AvgIpc) is 2.98. The number of guanidine groups is 1. The normalized spacial score (nSPS) is 11.5. The molecule has 0 saturated carbocycles. The molecule has 2 rings (SSSR count). The van der Waals surface area contributed by atoms with Crippen molar-refractivity contribution in [2.45, 2.75) is 26.7 Å². The number of aromatic amines is 1. The number of nitrogens with one attached hydrogen (secondary N) is 2. The number of H-pyrrole nitrogens is 1. The third kappa shape index (κ3) is 6.30. The fourth-order valence-corrected chi connectivity index (χ4v) is 2.49. The van der Waals surface area contributed by atoms with Crippen molar-refractivity contribution in [1.29, 1.82) is 0 Å². The molecular formula is C18H29IN4O2. The molecule has 0 bridgehead atoms. The SMILES string of the molecule is COc1cc(OC)c2cc(CCCNC(N)=NCC(C)C)[nH]c2c1.I. The topological polar surface area (TPSA) is 84.7 Å². The summed E-state index contributed by atoms with van der Waals surface area (Å²) in [5.41, 5.74) is 8.02. The molecule has 0 amide bonds. The second kappa shape index (κ2) is 10.4. The second-order valence-electron chi connectivity index (χ2n) is 6.24. The highest BCUT2D eigenvalue weighted by Gasteiger charge is 2.09. The Morgan fingerprint density at radius 2 is 2.00 bits per heavy atom. The van der Waals surface area contributed by atoms with Gasteiger partial charge in [-0.25, -0.2) is 0 Å². The van der Waals surface area contributed by atoms with Crippen molar-refractivity contribution < 1.29 is 9.47 Å². The summed E-state index contributed by atoms with van der Waals surface area (Å²) < 4.78 is 10.7. The third-order valence-corrected chi connectivity index (χ3v) is 3.74. The molecule has 1 aromatic carbocycles. The maximum absolute atomic E-state index is 5.83. The van der Waals surface area contributed by atoms with E-state index in [-0.39, 0.29) is 24.0 Å². The van der Waals surface area contributed by atoms with E-state index in [1.54, 1.807) is 14.2 Å². The second-order valence-corrected chi connectivity index (χ2v) is 6.24. The molecule has 1 heterocycles. The number of ether oxygens (including phenoxy) is 2. The summed E-state index contributed by atoms with van der Waals surface area (Å²) in [6.45, 7) is 5.79. The number of hydrogen-bond acceptors (Lipinski definition) is 3. The van der Waals surface area contributed by atoms with Gasteiger partial charge in [-0.1, -0.05) is 13.8 Å². The van der Waals surface area contributed by atoms with Crippen molar-refractivity contribution in [3.8, 4) is 11.5 Å². The van der Waals surface area contributed by atoms with Gasteiger partial charge in [0.1, 0.15) is 11.5 Å². The van der Waals surface area contributed by atoms with Crippen LogP contribution in [-0.2, 0) is 6.42 Å². The van der Waals surface area contributed by atoms with Crippen LogP contribution in [0.25, 0.3) is 10.9 Å². The Kier molecular flexibility index (Phi) is 8.88. The smallest absolute Gasteiger partial charge is 0.188 e. The number of aryl methyl sites for hydroxylation is 1. The molecule has 0 atom stereocenters. The first-order valence-corrected chi connectivity index (χ1v) is 8.31. The average molecular weight is 460 g/mol. The number of hydrogen-bond donors (Lipinski definition) is 3. The van der Waals surface area contributed by atoms with Gasteiger partial charge in [-0.15, -0.1) is 24.0 Å². The zero-order chi connectivity index (χ0) is 17.5. The summed E-state index contributed by atoms with van der Waals surface area (Å²) >= 11 is 0. The largest absolute Gasteiger partial charge is 0.497 e. The molecule has 1 aromatic heterocycles. The number of aliphatic imine (C=N–C) groups is 1. The molecule has 0 fully saturated rings. The van der Waals surface area contributed by atoms with Gasteiger partial charge in [0, 0.05) is 36.3 Å². The van der Waals surface area contributed by atoms with Crippen LogP contribution in [0.1, 0.15) is 26.0 Å². The van der Waals surface area contributed by atoms with Gasteiger partial charge >= 0.3 is 0 Å². The lowest BCUT2D eigenvalue weighted by atomic mass is 10.2. The van der Waals surface area contributed by atoms with Crippen LogP contribution in [0.3, 0.4) is 0 Å². The monoisotopic (exact) mass is 460 g/mol. The molecule has 6 nitrogen and oxygen atoms in total. The number of fused-ring (bicyclic) bond motifs is 1. The highest BCUT2D eigenvalue weighted by molar-refractivity contribution is 14.0. The van der Waals surface area contributed by atoms with Crippen molar-refractivity contribution in [3.05, 3.63) is 23.9 Å². The lowest BCUT2D eigenvalue weighted by molar-refractivity contribution is 0.398. The van der Waals surface area contributed by atoms with E-state index >= 15 is 0 Å². The van der Waals surface area contributed by atoms with Gasteiger partial charge in [0.25, 0.3) is 0 Å². The fraction of sp³-hybridized carbons (Fsp3) is 0.500. The van der Waals surface area contributed by atoms with Crippen molar-refractivity contribution >= 4 is 40.8 Å². The van der Waals surface area contributed by atoms with Gasteiger partial charge in [0.05, 0.1) is 19.7 Å². The lowest BCUT2D eigenvalue weighted by Crippen LogP contribution is -2.33. The van der Waals surface area contributed by atoms with Crippen LogP contribution >= 0.6 is 24.0 Å². The van der Waals surface area contributed by atoms with Crippen LogP contribution in [0.2, 0.25) is 0 Å². The molecule has 7 heteroatoms. The molecule has 0 aliphatic rings. The molecule has 0 radical (unpaired) electrons. The van der Waals surface area contributed by atoms with E-state index in [2.05, 4.69) is 35.2 Å². The van der Waals surface area contributed by atoms with Gasteiger partial charge in [-0.05, 0) is 24.8 Å². The number of methoxy groups -OCH3 is 2. The summed E-state index contributed by atoms with van der Waals surface area (Å²) in [5.74, 6) is 2.63. The Bertz CT molecular complexity index is 698. The zero-order valence-electron chi connectivity index (χ0n) is 15.4. The molecule has 0 unspecified atom stereocenters. The van der Waals surface area contributed by atoms with E-state index in [9.17, 15) is 0 Å². The standard InChI is InChI=1S/C18H28N4O2.HI/c1-12(2)11-21-18(19)20-7-5-6-13-8-15-16(22-13)9-14(23-3)10-17(15)24-4;/h8-10,12,22H,5-7,11H2,1-4H3,(H3,19,20,21);1H. The van der Waals surface area contributed by atoms with Gasteiger partial charge in [0.2, 0.25) is 0 Å². The first-order valence-electron chi connectivity index (χ1n) is 8.31. The Balaban J connectivity index is 0.00000312. The van der Waals surface area contributed by atoms with E-state index in [1.165, 1.54) is 0 Å². The number of benzene rings is 1. The van der Waals surface area contributed by atoms with Crippen LogP contribution in [0.4, 0.5) is 0 Å². The maximum Gasteiger partial charge on any atom is 0.188 e. The van der Waals surface area contributed by atoms with Crippen LogP contribution in [0.5, 0.6) is 11.5 Å². The summed E-state index contributed by atoms with van der Waals surface area (Å²) in [4.78, 5) is 7.71. The number of nitrogens with two attached hydrogens (primary N) is 1. The Labute approximate surface area is 166 Å². The van der Waals surface area contributed by atoms with Gasteiger partial charge in [-0.3, -0.25) is 4.99 Å². The minimum Gasteiger partial charge on any atom is -0.497 e. The van der Waals surface area contributed by atoms with E-state index in [0.29, 0.717) is 11.9 Å². The third-order valence-electron chi connectivity index (χ3n) is 3.74. The molecule has 25 heavy (non-hydrogen) atoms. The van der Waals surface area contributed by atoms with Crippen molar-refractivity contribution in [1.82, 2.24) is 10.3 Å². The Hall–Kier alpha value is -1.64. The molecule has 0 spiro atoms. The quantitative estimate of drug-likeness (QED) is 0.244. The Morgan fingerprint density at radius 3 is 2.64 bits per heavy atom. The first kappa shape index (κ1) is 21.4. The maximum atomic E-state index is 5.83. The molecule has 0 saturated heterocycles. The molecule has 0 aliphatic heterocycles. The molecule has 4 N–H and O–H groups in total. The minimum atomic E-state index is 0. The van der Waals surface area contributed by atoms with E-state index in [4.69, 9.17) is 15.2 Å². The highest BCUT2D eigenvalue weighted by Crippen LogP contribution is 2.31. The molecule has 0 aliphatic carbocycles. The zero-order valence-corrected chi connectivity index (χ0v) is 17.7. The van der Waals surface area contributed by atoms with Crippen LogP contribution in [0.15, 0.2) is 23.2 Å². The number of halogens is 1. The number of nitrogens with zero attached hydrogens (tertiary/aromatic N) is 1. The van der Waals surface area contributed by atoms with Crippen LogP contribution in [0, 0.1) is 5.92 Å². The van der Waals surface area contributed by atoms with Crippen molar-refractivity contribution in [3.63, 3.8) is 0 Å². The van der Waals surface area contributed by atoms with E-state index in [0.717, 1.165) is 54.0 Å². The van der Waals surface area contributed by atoms with Crippen molar-refractivity contribution in [2.75, 3.05) is 27.3 Å².